The highest BCUT2D eigenvalue weighted by Gasteiger charge is 2.15. The van der Waals surface area contributed by atoms with Gasteiger partial charge in [0.15, 0.2) is 0 Å². The molecule has 0 spiro atoms. The van der Waals surface area contributed by atoms with Gasteiger partial charge in [0.25, 0.3) is 0 Å². The van der Waals surface area contributed by atoms with Crippen molar-refractivity contribution in [3.63, 3.8) is 0 Å². The van der Waals surface area contributed by atoms with Crippen LogP contribution in [0, 0.1) is 0 Å². The third-order valence-electron chi connectivity index (χ3n) is 1.44. The van der Waals surface area contributed by atoms with E-state index in [0.717, 1.165) is 12.8 Å². The van der Waals surface area contributed by atoms with Crippen molar-refractivity contribution in [2.45, 2.75) is 18.9 Å². The van der Waals surface area contributed by atoms with Crippen LogP contribution in [0.1, 0.15) is 12.8 Å². The van der Waals surface area contributed by atoms with E-state index in [0.29, 0.717) is 6.61 Å². The third-order valence-corrected chi connectivity index (χ3v) is 1.91. The highest BCUT2D eigenvalue weighted by atomic mass is 31.2. The maximum Gasteiger partial charge on any atom is 0.0813 e. The molecule has 0 bridgehead atoms. The number of hydrogen-bond acceptors (Lipinski definition) is 5. The molecular weight excluding hydrogens is 171 g/mol. The van der Waals surface area contributed by atoms with Gasteiger partial charge in [-0.15, -0.1) is 0 Å². The maximum absolute atomic E-state index is 9.98. The van der Waals surface area contributed by atoms with Gasteiger partial charge in [-0.1, -0.05) is 0 Å². The third kappa shape index (κ3) is 3.84. The van der Waals surface area contributed by atoms with E-state index in [-0.39, 0.29) is 12.7 Å². The first-order chi connectivity index (χ1) is 5.08. The molecule has 66 valence electrons. The minimum atomic E-state index is -4.80. The van der Waals surface area contributed by atoms with Crippen LogP contribution in [0.4, 0.5) is 0 Å². The molecule has 0 aromatic rings. The lowest BCUT2D eigenvalue weighted by Crippen LogP contribution is -2.21. The van der Waals surface area contributed by atoms with Crippen molar-refractivity contribution in [2.75, 3.05) is 13.2 Å². The monoisotopic (exact) mass is 180 g/mol. The van der Waals surface area contributed by atoms with E-state index in [1.165, 1.54) is 0 Å². The van der Waals surface area contributed by atoms with Crippen LogP contribution in [0.15, 0.2) is 0 Å². The Balaban J connectivity index is 2.16. The molecule has 1 rings (SSSR count). The van der Waals surface area contributed by atoms with Gasteiger partial charge in [0.2, 0.25) is 0 Å². The number of hydrogen-bond donors (Lipinski definition) is 0. The fraction of sp³-hybridized carbons (Fsp3) is 1.00. The van der Waals surface area contributed by atoms with Crippen molar-refractivity contribution in [2.24, 2.45) is 0 Å². The lowest BCUT2D eigenvalue weighted by Gasteiger charge is -2.29. The summed E-state index contributed by atoms with van der Waals surface area (Å²) in [4.78, 5) is 20.0. The molecule has 6 heteroatoms. The molecule has 0 amide bonds. The summed E-state index contributed by atoms with van der Waals surface area (Å²) in [6.45, 7) is 0.486. The topological polar surface area (TPSA) is 81.7 Å². The van der Waals surface area contributed by atoms with Crippen LogP contribution in [0.2, 0.25) is 0 Å². The van der Waals surface area contributed by atoms with E-state index in [9.17, 15) is 14.4 Å². The summed E-state index contributed by atoms with van der Waals surface area (Å²) in [5.74, 6) is 0. The molecule has 0 radical (unpaired) electrons. The van der Waals surface area contributed by atoms with Gasteiger partial charge in [0.05, 0.1) is 20.5 Å². The molecule has 0 aromatic heterocycles. The van der Waals surface area contributed by atoms with E-state index in [2.05, 4.69) is 4.52 Å². The standard InChI is InChI=1S/C5H11O5P/c6-11(7,8)10-4-5-2-1-3-9-5/h5H,1-4H2,(H2,6,7,8)/p-2. The summed E-state index contributed by atoms with van der Waals surface area (Å²) >= 11 is 0. The summed E-state index contributed by atoms with van der Waals surface area (Å²) in [6, 6.07) is 0. The molecule has 0 aliphatic carbocycles. The van der Waals surface area contributed by atoms with Gasteiger partial charge in [-0.3, -0.25) is 0 Å². The number of rotatable bonds is 3. The zero-order valence-corrected chi connectivity index (χ0v) is 6.79. The Hall–Kier alpha value is 0.0700. The molecule has 1 atom stereocenters. The van der Waals surface area contributed by atoms with Crippen molar-refractivity contribution in [1.82, 2.24) is 0 Å². The highest BCUT2D eigenvalue weighted by Crippen LogP contribution is 2.26. The molecule has 0 saturated carbocycles. The molecule has 1 aliphatic heterocycles. The zero-order valence-electron chi connectivity index (χ0n) is 5.89. The second-order valence-electron chi connectivity index (χ2n) is 2.38. The fourth-order valence-electron chi connectivity index (χ4n) is 0.950. The number of ether oxygens (including phenoxy) is 1. The van der Waals surface area contributed by atoms with Gasteiger partial charge >= 0.3 is 0 Å². The average molecular weight is 180 g/mol. The minimum Gasteiger partial charge on any atom is -0.790 e. The molecule has 1 unspecified atom stereocenters. The minimum absolute atomic E-state index is 0.135. The second-order valence-corrected chi connectivity index (χ2v) is 3.53. The Morgan fingerprint density at radius 1 is 1.64 bits per heavy atom. The molecule has 1 saturated heterocycles. The lowest BCUT2D eigenvalue weighted by atomic mass is 10.2. The van der Waals surface area contributed by atoms with E-state index in [1.807, 2.05) is 0 Å². The van der Waals surface area contributed by atoms with Crippen LogP contribution in [0.5, 0.6) is 0 Å². The summed E-state index contributed by atoms with van der Waals surface area (Å²) in [5, 5.41) is 0. The first-order valence-electron chi connectivity index (χ1n) is 3.36. The highest BCUT2D eigenvalue weighted by molar-refractivity contribution is 7.43. The molecule has 0 N–H and O–H groups in total. The Bertz CT molecular complexity index is 158. The maximum atomic E-state index is 9.98. The Kier molecular flexibility index (Phi) is 3.04. The van der Waals surface area contributed by atoms with Crippen molar-refractivity contribution >= 4 is 7.82 Å². The van der Waals surface area contributed by atoms with Gasteiger partial charge in [0, 0.05) is 6.61 Å². The van der Waals surface area contributed by atoms with Crippen LogP contribution in [0.25, 0.3) is 0 Å². The van der Waals surface area contributed by atoms with E-state index >= 15 is 0 Å². The normalized spacial score (nSPS) is 25.8. The summed E-state index contributed by atoms with van der Waals surface area (Å²) in [5.41, 5.74) is 0. The zero-order chi connectivity index (χ0) is 8.32. The number of phosphoric ester groups is 1. The Labute approximate surface area is 64.6 Å². The first kappa shape index (κ1) is 9.16. The van der Waals surface area contributed by atoms with Crippen molar-refractivity contribution in [1.29, 1.82) is 0 Å². The largest absolute Gasteiger partial charge is 0.790 e. The SMILES string of the molecule is O=P([O-])([O-])OCC1CCCO1. The lowest BCUT2D eigenvalue weighted by molar-refractivity contribution is -0.342. The van der Waals surface area contributed by atoms with Crippen molar-refractivity contribution < 1.29 is 23.6 Å². The van der Waals surface area contributed by atoms with Gasteiger partial charge in [0.1, 0.15) is 0 Å². The predicted molar refractivity (Wildman–Crippen MR) is 32.5 cm³/mol. The Morgan fingerprint density at radius 3 is 2.82 bits per heavy atom. The van der Waals surface area contributed by atoms with E-state index < -0.39 is 7.82 Å². The molecule has 11 heavy (non-hydrogen) atoms. The van der Waals surface area contributed by atoms with E-state index in [1.54, 1.807) is 0 Å². The molecule has 0 aromatic carbocycles. The Morgan fingerprint density at radius 2 is 2.36 bits per heavy atom. The van der Waals surface area contributed by atoms with Crippen molar-refractivity contribution in [3.05, 3.63) is 0 Å². The fourth-order valence-corrected chi connectivity index (χ4v) is 1.30. The average Bonchev–Trinajstić information content (AvgIpc) is 2.32. The molecule has 1 aliphatic rings. The molecule has 5 nitrogen and oxygen atoms in total. The summed E-state index contributed by atoms with van der Waals surface area (Å²) in [6.07, 6.45) is 1.45. The van der Waals surface area contributed by atoms with Crippen LogP contribution < -0.4 is 9.79 Å². The first-order valence-corrected chi connectivity index (χ1v) is 4.82. The van der Waals surface area contributed by atoms with Crippen LogP contribution in [-0.4, -0.2) is 19.3 Å². The van der Waals surface area contributed by atoms with E-state index in [4.69, 9.17) is 4.74 Å². The molecule has 1 fully saturated rings. The second kappa shape index (κ2) is 3.65. The molecular formula is C5H9O5P-2. The predicted octanol–water partition coefficient (Wildman–Crippen LogP) is -0.989. The number of phosphoric acid groups is 1. The smallest absolute Gasteiger partial charge is 0.0813 e. The van der Waals surface area contributed by atoms with Gasteiger partial charge in [-0.25, -0.2) is 0 Å². The van der Waals surface area contributed by atoms with Crippen molar-refractivity contribution in [3.8, 4) is 0 Å². The molecule has 1 heterocycles. The van der Waals surface area contributed by atoms with Crippen LogP contribution in [0.3, 0.4) is 0 Å². The summed E-state index contributed by atoms with van der Waals surface area (Å²) in [7, 11) is -4.80. The van der Waals surface area contributed by atoms with Gasteiger partial charge < -0.3 is 23.6 Å². The summed E-state index contributed by atoms with van der Waals surface area (Å²) < 4.78 is 19.0. The van der Waals surface area contributed by atoms with Gasteiger partial charge in [-0.05, 0) is 12.8 Å². The quantitative estimate of drug-likeness (QED) is 0.521. The van der Waals surface area contributed by atoms with Gasteiger partial charge in [-0.2, -0.15) is 0 Å². The van der Waals surface area contributed by atoms with Crippen LogP contribution in [-0.2, 0) is 13.8 Å². The van der Waals surface area contributed by atoms with Crippen LogP contribution >= 0.6 is 7.82 Å².